The number of aryl methyl sites for hydroxylation is 2. The number of aromatic nitrogens is 3. The Labute approximate surface area is 137 Å². The number of hydrogen-bond donors (Lipinski definition) is 1. The Morgan fingerprint density at radius 1 is 1.30 bits per heavy atom. The van der Waals surface area contributed by atoms with Crippen molar-refractivity contribution in [3.63, 3.8) is 0 Å². The molecule has 8 heteroatoms. The second-order valence-corrected chi connectivity index (χ2v) is 5.69. The van der Waals surface area contributed by atoms with Gasteiger partial charge in [0, 0.05) is 18.4 Å². The van der Waals surface area contributed by atoms with Crippen LogP contribution in [0, 0.1) is 6.92 Å². The molecule has 0 aliphatic carbocycles. The van der Waals surface area contributed by atoms with E-state index in [0.717, 1.165) is 4.68 Å². The molecule has 0 spiro atoms. The van der Waals surface area contributed by atoms with Crippen LogP contribution < -0.4 is 5.56 Å². The standard InChI is InChI=1S/C8H8N4O3S.C7H8/c13-6(14)2-1-5-7(15)12-8(11-10-5)16-4-3-9-12;1-7-5-3-2-4-6-7/h3H,1-2,4H2,(H,13,14);2-6H,1H3. The summed E-state index contributed by atoms with van der Waals surface area (Å²) in [5, 5.41) is 20.4. The minimum absolute atomic E-state index is 0.0711. The minimum atomic E-state index is -0.971. The highest BCUT2D eigenvalue weighted by molar-refractivity contribution is 7.99. The van der Waals surface area contributed by atoms with Crippen molar-refractivity contribution >= 4 is 23.9 Å². The number of fused-ring (bicyclic) bond motifs is 1. The Morgan fingerprint density at radius 3 is 2.65 bits per heavy atom. The number of carboxylic acid groups (broad SMARTS) is 1. The summed E-state index contributed by atoms with van der Waals surface area (Å²) in [5.41, 5.74) is 1.06. The van der Waals surface area contributed by atoms with Gasteiger partial charge in [-0.05, 0) is 6.92 Å². The first-order valence-electron chi connectivity index (χ1n) is 6.95. The van der Waals surface area contributed by atoms with Crippen LogP contribution in [0.2, 0.25) is 0 Å². The number of rotatable bonds is 3. The van der Waals surface area contributed by atoms with Gasteiger partial charge in [0.15, 0.2) is 0 Å². The van der Waals surface area contributed by atoms with Crippen molar-refractivity contribution < 1.29 is 9.90 Å². The molecule has 23 heavy (non-hydrogen) atoms. The molecular formula is C15H16N4O3S. The van der Waals surface area contributed by atoms with E-state index in [4.69, 9.17) is 5.11 Å². The number of benzene rings is 1. The van der Waals surface area contributed by atoms with Crippen molar-refractivity contribution in [1.29, 1.82) is 0 Å². The van der Waals surface area contributed by atoms with Crippen LogP contribution in [0.15, 0.2) is 45.4 Å². The Kier molecular flexibility index (Phi) is 6.04. The molecule has 0 saturated heterocycles. The minimum Gasteiger partial charge on any atom is -0.481 e. The number of hydrogen-bond acceptors (Lipinski definition) is 6. The third-order valence-corrected chi connectivity index (χ3v) is 3.71. The molecule has 7 nitrogen and oxygen atoms in total. The summed E-state index contributed by atoms with van der Waals surface area (Å²) in [6, 6.07) is 10.3. The predicted octanol–water partition coefficient (Wildman–Crippen LogP) is 1.59. The van der Waals surface area contributed by atoms with Gasteiger partial charge in [0.1, 0.15) is 5.69 Å². The molecule has 0 amide bonds. The molecule has 2 aromatic rings. The van der Waals surface area contributed by atoms with E-state index in [1.165, 1.54) is 17.3 Å². The molecule has 0 unspecified atom stereocenters. The zero-order valence-corrected chi connectivity index (χ0v) is 13.4. The smallest absolute Gasteiger partial charge is 0.303 e. The highest BCUT2D eigenvalue weighted by Gasteiger charge is 2.14. The van der Waals surface area contributed by atoms with Gasteiger partial charge in [0.05, 0.1) is 6.42 Å². The fraction of sp³-hybridized carbons (Fsp3) is 0.267. The lowest BCUT2D eigenvalue weighted by Crippen LogP contribution is -2.27. The van der Waals surface area contributed by atoms with E-state index >= 15 is 0 Å². The summed E-state index contributed by atoms with van der Waals surface area (Å²) in [4.78, 5) is 22.1. The van der Waals surface area contributed by atoms with E-state index in [2.05, 4.69) is 34.4 Å². The second-order valence-electron chi connectivity index (χ2n) is 4.70. The highest BCUT2D eigenvalue weighted by atomic mass is 32.2. The van der Waals surface area contributed by atoms with Gasteiger partial charge in [-0.15, -0.1) is 10.2 Å². The third kappa shape index (κ3) is 5.03. The molecule has 0 radical (unpaired) electrons. The molecule has 1 aromatic carbocycles. The lowest BCUT2D eigenvalue weighted by Gasteiger charge is -2.09. The monoisotopic (exact) mass is 332 g/mol. The number of carboxylic acids is 1. The topological polar surface area (TPSA) is 97.4 Å². The summed E-state index contributed by atoms with van der Waals surface area (Å²) >= 11 is 1.36. The maximum Gasteiger partial charge on any atom is 0.303 e. The van der Waals surface area contributed by atoms with Gasteiger partial charge in [-0.1, -0.05) is 47.7 Å². The van der Waals surface area contributed by atoms with E-state index in [-0.39, 0.29) is 18.5 Å². The second kappa shape index (κ2) is 8.23. The van der Waals surface area contributed by atoms with Crippen molar-refractivity contribution in [1.82, 2.24) is 14.9 Å². The van der Waals surface area contributed by atoms with Crippen LogP contribution in [-0.2, 0) is 11.2 Å². The fourth-order valence-corrected chi connectivity index (χ4v) is 2.37. The number of thioether (sulfide) groups is 1. The summed E-state index contributed by atoms with van der Waals surface area (Å²) < 4.78 is 1.15. The molecule has 0 fully saturated rings. The predicted molar refractivity (Wildman–Crippen MR) is 88.0 cm³/mol. The maximum absolute atomic E-state index is 11.8. The maximum atomic E-state index is 11.8. The van der Waals surface area contributed by atoms with E-state index in [1.807, 2.05) is 18.2 Å². The summed E-state index contributed by atoms with van der Waals surface area (Å²) in [6.45, 7) is 2.08. The van der Waals surface area contributed by atoms with Crippen molar-refractivity contribution in [3.05, 3.63) is 51.9 Å². The van der Waals surface area contributed by atoms with Gasteiger partial charge >= 0.3 is 5.97 Å². The quantitative estimate of drug-likeness (QED) is 0.916. The molecule has 1 N–H and O–H groups in total. The van der Waals surface area contributed by atoms with Crippen molar-refractivity contribution in [3.8, 4) is 0 Å². The van der Waals surface area contributed by atoms with Gasteiger partial charge in [0.2, 0.25) is 5.16 Å². The largest absolute Gasteiger partial charge is 0.481 e. The molecule has 1 aliphatic heterocycles. The average molecular weight is 332 g/mol. The molecule has 0 atom stereocenters. The molecular weight excluding hydrogens is 316 g/mol. The van der Waals surface area contributed by atoms with Crippen molar-refractivity contribution in [2.24, 2.45) is 5.10 Å². The Balaban J connectivity index is 0.000000229. The Bertz CT molecular complexity index is 759. The molecule has 1 aliphatic rings. The van der Waals surface area contributed by atoms with E-state index in [0.29, 0.717) is 10.9 Å². The van der Waals surface area contributed by atoms with Crippen LogP contribution in [0.25, 0.3) is 0 Å². The first-order valence-corrected chi connectivity index (χ1v) is 7.94. The van der Waals surface area contributed by atoms with Crippen molar-refractivity contribution in [2.75, 3.05) is 5.75 Å². The lowest BCUT2D eigenvalue weighted by atomic mass is 10.2. The van der Waals surface area contributed by atoms with E-state index < -0.39 is 11.5 Å². The van der Waals surface area contributed by atoms with Crippen molar-refractivity contribution in [2.45, 2.75) is 24.9 Å². The fourth-order valence-electron chi connectivity index (χ4n) is 1.73. The third-order valence-electron chi connectivity index (χ3n) is 2.88. The van der Waals surface area contributed by atoms with Gasteiger partial charge in [-0.2, -0.15) is 9.78 Å². The van der Waals surface area contributed by atoms with E-state index in [9.17, 15) is 9.59 Å². The normalized spacial score (nSPS) is 12.0. The number of carbonyl (C=O) groups is 1. The van der Waals surface area contributed by atoms with Crippen LogP contribution in [0.1, 0.15) is 17.7 Å². The van der Waals surface area contributed by atoms with Crippen LogP contribution in [0.3, 0.4) is 0 Å². The first kappa shape index (κ1) is 16.9. The summed E-state index contributed by atoms with van der Waals surface area (Å²) in [7, 11) is 0. The van der Waals surface area contributed by atoms with Crippen LogP contribution >= 0.6 is 11.8 Å². The number of nitrogens with zero attached hydrogens (tertiary/aromatic N) is 4. The zero-order chi connectivity index (χ0) is 16.7. The molecule has 3 rings (SSSR count). The van der Waals surface area contributed by atoms with Gasteiger partial charge in [0.25, 0.3) is 5.56 Å². The first-order chi connectivity index (χ1) is 11.1. The molecule has 1 aromatic heterocycles. The SMILES string of the molecule is Cc1ccccc1.O=C(O)CCc1nnc2n(c1=O)N=CCS2. The van der Waals surface area contributed by atoms with Crippen LogP contribution in [-0.4, -0.2) is 37.9 Å². The van der Waals surface area contributed by atoms with E-state index in [1.54, 1.807) is 6.21 Å². The highest BCUT2D eigenvalue weighted by Crippen LogP contribution is 2.14. The van der Waals surface area contributed by atoms with Crippen LogP contribution in [0.4, 0.5) is 0 Å². The molecule has 2 heterocycles. The average Bonchev–Trinajstić information content (AvgIpc) is 2.56. The zero-order valence-electron chi connectivity index (χ0n) is 12.5. The molecule has 120 valence electrons. The molecule has 0 saturated carbocycles. The summed E-state index contributed by atoms with van der Waals surface area (Å²) in [5.74, 6) is -0.315. The molecule has 0 bridgehead atoms. The van der Waals surface area contributed by atoms with Gasteiger partial charge in [-0.3, -0.25) is 9.59 Å². The van der Waals surface area contributed by atoms with Gasteiger partial charge in [-0.25, -0.2) is 0 Å². The van der Waals surface area contributed by atoms with Crippen LogP contribution in [0.5, 0.6) is 0 Å². The Hall–Kier alpha value is -2.48. The lowest BCUT2D eigenvalue weighted by molar-refractivity contribution is -0.136. The summed E-state index contributed by atoms with van der Waals surface area (Å²) in [6.07, 6.45) is 1.53. The number of aliphatic carboxylic acids is 1. The Morgan fingerprint density at radius 2 is 2.04 bits per heavy atom. The van der Waals surface area contributed by atoms with Gasteiger partial charge < -0.3 is 5.11 Å².